The number of methoxy groups -OCH3 is 1. The minimum atomic E-state index is 0.289. The van der Waals surface area contributed by atoms with Crippen LogP contribution < -0.4 is 5.73 Å². The number of nitrogens with two attached hydrogens (primary N) is 1. The van der Waals surface area contributed by atoms with Crippen molar-refractivity contribution in [3.63, 3.8) is 0 Å². The van der Waals surface area contributed by atoms with Crippen LogP contribution in [0.1, 0.15) is 44.9 Å². The van der Waals surface area contributed by atoms with Crippen LogP contribution in [0.5, 0.6) is 0 Å². The first kappa shape index (κ1) is 11.9. The number of rotatable bonds is 3. The molecule has 0 bridgehead atoms. The molecule has 0 radical (unpaired) electrons. The molecule has 2 aliphatic carbocycles. The molecule has 1 saturated heterocycles. The SMILES string of the molecule is COC1CC(CN)(N2CCC3CCCCC32)C1. The van der Waals surface area contributed by atoms with Gasteiger partial charge >= 0.3 is 0 Å². The van der Waals surface area contributed by atoms with E-state index in [0.717, 1.165) is 31.3 Å². The lowest BCUT2D eigenvalue weighted by molar-refractivity contribution is -0.0971. The van der Waals surface area contributed by atoms with Crippen LogP contribution in [-0.4, -0.2) is 42.8 Å². The molecule has 0 amide bonds. The second-order valence-electron chi connectivity index (χ2n) is 6.29. The van der Waals surface area contributed by atoms with E-state index in [9.17, 15) is 0 Å². The van der Waals surface area contributed by atoms with Crippen LogP contribution in [0.15, 0.2) is 0 Å². The van der Waals surface area contributed by atoms with Crippen LogP contribution in [0.4, 0.5) is 0 Å². The predicted octanol–water partition coefficient (Wildman–Crippen LogP) is 1.76. The molecule has 1 aliphatic heterocycles. The maximum Gasteiger partial charge on any atom is 0.0607 e. The molecule has 2 saturated carbocycles. The van der Waals surface area contributed by atoms with Gasteiger partial charge in [0.05, 0.1) is 6.10 Å². The van der Waals surface area contributed by atoms with E-state index >= 15 is 0 Å². The molecule has 0 aromatic carbocycles. The van der Waals surface area contributed by atoms with Gasteiger partial charge in [-0.2, -0.15) is 0 Å². The Kier molecular flexibility index (Phi) is 3.18. The van der Waals surface area contributed by atoms with E-state index in [4.69, 9.17) is 10.5 Å². The summed E-state index contributed by atoms with van der Waals surface area (Å²) < 4.78 is 5.46. The van der Waals surface area contributed by atoms with Crippen molar-refractivity contribution in [3.05, 3.63) is 0 Å². The summed E-state index contributed by atoms with van der Waals surface area (Å²) in [5.74, 6) is 0.966. The second kappa shape index (κ2) is 4.52. The first-order chi connectivity index (χ1) is 8.29. The third-order valence-corrected chi connectivity index (χ3v) is 5.55. The zero-order chi connectivity index (χ0) is 11.9. The maximum absolute atomic E-state index is 6.09. The average molecular weight is 238 g/mol. The van der Waals surface area contributed by atoms with Gasteiger partial charge in [0.2, 0.25) is 0 Å². The van der Waals surface area contributed by atoms with Gasteiger partial charge in [-0.1, -0.05) is 12.8 Å². The first-order valence-corrected chi connectivity index (χ1v) is 7.29. The van der Waals surface area contributed by atoms with E-state index in [1.807, 2.05) is 7.11 Å². The minimum absolute atomic E-state index is 0.289. The Morgan fingerprint density at radius 3 is 2.71 bits per heavy atom. The molecule has 2 unspecified atom stereocenters. The van der Waals surface area contributed by atoms with Gasteiger partial charge in [0.15, 0.2) is 0 Å². The molecule has 3 heteroatoms. The summed E-state index contributed by atoms with van der Waals surface area (Å²) >= 11 is 0. The standard InChI is InChI=1S/C14H26N2O/c1-17-12-8-14(9-12,10-15)16-7-6-11-4-2-3-5-13(11)16/h11-13H,2-10,15H2,1H3. The van der Waals surface area contributed by atoms with Crippen molar-refractivity contribution in [1.29, 1.82) is 0 Å². The zero-order valence-electron chi connectivity index (χ0n) is 11.0. The maximum atomic E-state index is 6.09. The molecule has 3 aliphatic rings. The topological polar surface area (TPSA) is 38.5 Å². The third-order valence-electron chi connectivity index (χ3n) is 5.55. The Morgan fingerprint density at radius 2 is 2.00 bits per heavy atom. The number of hydrogen-bond donors (Lipinski definition) is 1. The van der Waals surface area contributed by atoms with Gasteiger partial charge in [0.1, 0.15) is 0 Å². The molecule has 2 N–H and O–H groups in total. The quantitative estimate of drug-likeness (QED) is 0.814. The Balaban J connectivity index is 1.71. The molecular weight excluding hydrogens is 212 g/mol. The van der Waals surface area contributed by atoms with Crippen LogP contribution in [0.3, 0.4) is 0 Å². The lowest BCUT2D eigenvalue weighted by Gasteiger charge is -2.55. The van der Waals surface area contributed by atoms with Crippen LogP contribution in [0.25, 0.3) is 0 Å². The van der Waals surface area contributed by atoms with Gasteiger partial charge in [0.25, 0.3) is 0 Å². The van der Waals surface area contributed by atoms with Crippen molar-refractivity contribution in [2.45, 2.75) is 62.6 Å². The predicted molar refractivity (Wildman–Crippen MR) is 68.9 cm³/mol. The van der Waals surface area contributed by atoms with Gasteiger partial charge < -0.3 is 10.5 Å². The monoisotopic (exact) mass is 238 g/mol. The highest BCUT2D eigenvalue weighted by Crippen LogP contribution is 2.47. The Hall–Kier alpha value is -0.120. The summed E-state index contributed by atoms with van der Waals surface area (Å²) in [6.45, 7) is 2.10. The summed E-state index contributed by atoms with van der Waals surface area (Å²) in [6, 6.07) is 0.838. The molecule has 3 nitrogen and oxygen atoms in total. The lowest BCUT2D eigenvalue weighted by Crippen LogP contribution is -2.65. The molecular formula is C14H26N2O. The first-order valence-electron chi connectivity index (χ1n) is 7.29. The van der Waals surface area contributed by atoms with Crippen LogP contribution in [-0.2, 0) is 4.74 Å². The van der Waals surface area contributed by atoms with Crippen molar-refractivity contribution >= 4 is 0 Å². The smallest absolute Gasteiger partial charge is 0.0607 e. The second-order valence-corrected chi connectivity index (χ2v) is 6.29. The molecule has 0 spiro atoms. The highest BCUT2D eigenvalue weighted by molar-refractivity contribution is 5.09. The van der Waals surface area contributed by atoms with Crippen molar-refractivity contribution in [2.24, 2.45) is 11.7 Å². The molecule has 17 heavy (non-hydrogen) atoms. The number of nitrogens with zero attached hydrogens (tertiary/aromatic N) is 1. The van der Waals surface area contributed by atoms with Crippen LogP contribution >= 0.6 is 0 Å². The minimum Gasteiger partial charge on any atom is -0.381 e. The fourth-order valence-electron chi connectivity index (χ4n) is 4.47. The fourth-order valence-corrected chi connectivity index (χ4v) is 4.47. The molecule has 3 rings (SSSR count). The van der Waals surface area contributed by atoms with E-state index in [0.29, 0.717) is 6.10 Å². The molecule has 0 aromatic rings. The lowest BCUT2D eigenvalue weighted by atomic mass is 9.71. The van der Waals surface area contributed by atoms with Gasteiger partial charge in [0, 0.05) is 25.2 Å². The molecule has 98 valence electrons. The molecule has 2 atom stereocenters. The highest BCUT2D eigenvalue weighted by atomic mass is 16.5. The van der Waals surface area contributed by atoms with Crippen molar-refractivity contribution in [3.8, 4) is 0 Å². The molecule has 0 aromatic heterocycles. The number of hydrogen-bond acceptors (Lipinski definition) is 3. The highest BCUT2D eigenvalue weighted by Gasteiger charge is 2.53. The number of likely N-dealkylation sites (tertiary alicyclic amines) is 1. The summed E-state index contributed by atoms with van der Waals surface area (Å²) in [6.07, 6.45) is 9.91. The number of ether oxygens (including phenoxy) is 1. The van der Waals surface area contributed by atoms with Gasteiger partial charge in [-0.25, -0.2) is 0 Å². The van der Waals surface area contributed by atoms with Crippen molar-refractivity contribution in [1.82, 2.24) is 4.90 Å². The van der Waals surface area contributed by atoms with Crippen LogP contribution in [0, 0.1) is 5.92 Å². The van der Waals surface area contributed by atoms with E-state index < -0.39 is 0 Å². The largest absolute Gasteiger partial charge is 0.381 e. The van der Waals surface area contributed by atoms with Crippen molar-refractivity contribution in [2.75, 3.05) is 20.2 Å². The summed E-state index contributed by atoms with van der Waals surface area (Å²) in [5, 5.41) is 0. The Morgan fingerprint density at radius 1 is 1.24 bits per heavy atom. The van der Waals surface area contributed by atoms with E-state index in [-0.39, 0.29) is 5.54 Å². The van der Waals surface area contributed by atoms with Gasteiger partial charge in [-0.05, 0) is 44.6 Å². The fraction of sp³-hybridized carbons (Fsp3) is 1.00. The van der Waals surface area contributed by atoms with Crippen molar-refractivity contribution < 1.29 is 4.74 Å². The zero-order valence-corrected chi connectivity index (χ0v) is 11.0. The normalized spacial score (nSPS) is 46.6. The molecule has 1 heterocycles. The third kappa shape index (κ3) is 1.83. The molecule has 3 fully saturated rings. The summed E-state index contributed by atoms with van der Waals surface area (Å²) in [4.78, 5) is 2.77. The van der Waals surface area contributed by atoms with Crippen LogP contribution in [0.2, 0.25) is 0 Å². The van der Waals surface area contributed by atoms with E-state index in [1.165, 1.54) is 38.6 Å². The number of fused-ring (bicyclic) bond motifs is 1. The van der Waals surface area contributed by atoms with E-state index in [1.54, 1.807) is 0 Å². The summed E-state index contributed by atoms with van der Waals surface area (Å²) in [7, 11) is 1.83. The summed E-state index contributed by atoms with van der Waals surface area (Å²) in [5.41, 5.74) is 6.38. The van der Waals surface area contributed by atoms with Gasteiger partial charge in [-0.3, -0.25) is 4.90 Å². The average Bonchev–Trinajstić information content (AvgIpc) is 2.74. The van der Waals surface area contributed by atoms with Gasteiger partial charge in [-0.15, -0.1) is 0 Å². The Bertz CT molecular complexity index is 275. The Labute approximate surface area is 105 Å². The van der Waals surface area contributed by atoms with E-state index in [2.05, 4.69) is 4.90 Å².